The second kappa shape index (κ2) is 11.5. The molecular weight excluding hydrogens is 476 g/mol. The van der Waals surface area contributed by atoms with E-state index in [1.54, 1.807) is 12.1 Å². The van der Waals surface area contributed by atoms with E-state index in [9.17, 15) is 8.78 Å². The molecule has 2 fully saturated rings. The summed E-state index contributed by atoms with van der Waals surface area (Å²) in [6.45, 7) is 4.99. The van der Waals surface area contributed by atoms with Crippen LogP contribution >= 0.6 is 0 Å². The molecule has 2 aromatic rings. The zero-order chi connectivity index (χ0) is 26.1. The fourth-order valence-electron chi connectivity index (χ4n) is 7.12. The highest BCUT2D eigenvalue weighted by atomic mass is 19.2. The lowest BCUT2D eigenvalue weighted by molar-refractivity contribution is -0.0579. The highest BCUT2D eigenvalue weighted by Crippen LogP contribution is 2.47. The lowest BCUT2D eigenvalue weighted by atomic mass is 9.74. The summed E-state index contributed by atoms with van der Waals surface area (Å²) in [6, 6.07) is 3.37. The van der Waals surface area contributed by atoms with Crippen molar-refractivity contribution in [3.63, 3.8) is 0 Å². The first kappa shape index (κ1) is 26.7. The molecule has 1 heterocycles. The Bertz CT molecular complexity index is 1110. The summed E-state index contributed by atoms with van der Waals surface area (Å²) in [5, 5.41) is 0. The largest absolute Gasteiger partial charge is 0.378 e. The van der Waals surface area contributed by atoms with Gasteiger partial charge in [-0.25, -0.2) is 17.6 Å². The van der Waals surface area contributed by atoms with E-state index in [1.807, 2.05) is 6.92 Å². The van der Waals surface area contributed by atoms with E-state index in [2.05, 4.69) is 6.92 Å². The van der Waals surface area contributed by atoms with Crippen LogP contribution in [-0.2, 0) is 17.6 Å². The van der Waals surface area contributed by atoms with Crippen molar-refractivity contribution in [3.8, 4) is 11.1 Å². The minimum absolute atomic E-state index is 0.0534. The predicted octanol–water partition coefficient (Wildman–Crippen LogP) is 9.42. The molecule has 37 heavy (non-hydrogen) atoms. The Kier molecular flexibility index (Phi) is 8.28. The summed E-state index contributed by atoms with van der Waals surface area (Å²) in [5.41, 5.74) is 1.65. The van der Waals surface area contributed by atoms with Gasteiger partial charge in [-0.2, -0.15) is 0 Å². The van der Waals surface area contributed by atoms with Gasteiger partial charge in [-0.3, -0.25) is 0 Å². The molecule has 3 aliphatic rings. The molecule has 2 aliphatic carbocycles. The van der Waals surface area contributed by atoms with Crippen molar-refractivity contribution in [1.82, 2.24) is 0 Å². The summed E-state index contributed by atoms with van der Waals surface area (Å²) in [7, 11) is 0. The molecular formula is C32H40F4O. The number of benzene rings is 2. The smallest absolute Gasteiger partial charge is 0.167 e. The predicted molar refractivity (Wildman–Crippen MR) is 140 cm³/mol. The fourth-order valence-corrected chi connectivity index (χ4v) is 7.12. The number of halogens is 4. The first-order valence-electron chi connectivity index (χ1n) is 14.5. The van der Waals surface area contributed by atoms with Crippen LogP contribution in [-0.4, -0.2) is 12.7 Å². The Morgan fingerprint density at radius 3 is 2.11 bits per heavy atom. The van der Waals surface area contributed by atoms with Gasteiger partial charge in [0.05, 0.1) is 6.10 Å². The van der Waals surface area contributed by atoms with Crippen LogP contribution in [0.5, 0.6) is 0 Å². The molecule has 2 aromatic carbocycles. The van der Waals surface area contributed by atoms with Crippen LogP contribution in [0.2, 0.25) is 0 Å². The van der Waals surface area contributed by atoms with E-state index in [0.717, 1.165) is 38.7 Å². The number of hydrogen-bond donors (Lipinski definition) is 0. The highest BCUT2D eigenvalue weighted by molar-refractivity contribution is 5.79. The van der Waals surface area contributed by atoms with Crippen LogP contribution in [0.15, 0.2) is 12.1 Å². The molecule has 0 bridgehead atoms. The summed E-state index contributed by atoms with van der Waals surface area (Å²) < 4.78 is 66.6. The first-order valence-corrected chi connectivity index (χ1v) is 14.5. The van der Waals surface area contributed by atoms with Crippen molar-refractivity contribution >= 4 is 0 Å². The molecule has 0 aromatic heterocycles. The average molecular weight is 517 g/mol. The molecule has 0 N–H and O–H groups in total. The van der Waals surface area contributed by atoms with E-state index in [0.29, 0.717) is 53.4 Å². The Morgan fingerprint density at radius 2 is 1.46 bits per heavy atom. The molecule has 1 saturated carbocycles. The molecule has 0 amide bonds. The monoisotopic (exact) mass is 516 g/mol. The summed E-state index contributed by atoms with van der Waals surface area (Å²) in [4.78, 5) is 0. The lowest BCUT2D eigenvalue weighted by Crippen LogP contribution is -2.34. The van der Waals surface area contributed by atoms with Gasteiger partial charge in [0.1, 0.15) is 0 Å². The summed E-state index contributed by atoms with van der Waals surface area (Å²) >= 11 is 0. The summed E-state index contributed by atoms with van der Waals surface area (Å²) in [5.74, 6) is -2.80. The standard InChI is InChI=1S/C32H40F4O/c1-3-5-6-8-19-9-14-26(37-18-19)21-12-10-20(11-13-21)25-17-24-16-23-15-22(7-4-2)29(33)31(35)27(23)28(24)32(36)30(25)34/h15,17,19-21,26H,3-14,16,18H2,1-2H3. The molecule has 5 rings (SSSR count). The van der Waals surface area contributed by atoms with Crippen LogP contribution in [0.4, 0.5) is 17.6 Å². The van der Waals surface area contributed by atoms with E-state index in [4.69, 9.17) is 4.74 Å². The maximum atomic E-state index is 15.4. The number of unbranched alkanes of at least 4 members (excludes halogenated alkanes) is 2. The first-order chi connectivity index (χ1) is 17.9. The van der Waals surface area contributed by atoms with Gasteiger partial charge in [0.2, 0.25) is 0 Å². The number of fused-ring (bicyclic) bond motifs is 3. The van der Waals surface area contributed by atoms with Crippen molar-refractivity contribution in [1.29, 1.82) is 0 Å². The number of ether oxygens (including phenoxy) is 1. The van der Waals surface area contributed by atoms with Crippen LogP contribution in [0.3, 0.4) is 0 Å². The van der Waals surface area contributed by atoms with Gasteiger partial charge in [0, 0.05) is 17.7 Å². The van der Waals surface area contributed by atoms with Gasteiger partial charge in [-0.05, 0) is 97.8 Å². The van der Waals surface area contributed by atoms with E-state index in [1.165, 1.54) is 32.1 Å². The van der Waals surface area contributed by atoms with Gasteiger partial charge in [-0.1, -0.05) is 51.7 Å². The third-order valence-corrected chi connectivity index (χ3v) is 9.19. The molecule has 0 spiro atoms. The highest BCUT2D eigenvalue weighted by Gasteiger charge is 2.36. The molecule has 0 radical (unpaired) electrons. The van der Waals surface area contributed by atoms with Crippen LogP contribution in [0.25, 0.3) is 11.1 Å². The molecule has 1 aliphatic heterocycles. The normalized spacial score (nSPS) is 25.2. The fraction of sp³-hybridized carbons (Fsp3) is 0.625. The van der Waals surface area contributed by atoms with Gasteiger partial charge < -0.3 is 4.74 Å². The minimum Gasteiger partial charge on any atom is -0.378 e. The SMILES string of the molecule is CCCCCC1CCC(C2CCC(c3cc4c(c(F)c3F)-c3c(cc(CCC)c(F)c3F)C4)CC2)OC1. The maximum absolute atomic E-state index is 15.4. The average Bonchev–Trinajstić information content (AvgIpc) is 3.28. The molecule has 1 nitrogen and oxygen atoms in total. The number of aryl methyl sites for hydroxylation is 1. The second-order valence-corrected chi connectivity index (χ2v) is 11.7. The molecule has 202 valence electrons. The number of hydrogen-bond acceptors (Lipinski definition) is 1. The van der Waals surface area contributed by atoms with Crippen molar-refractivity contribution in [2.75, 3.05) is 6.61 Å². The third-order valence-electron chi connectivity index (χ3n) is 9.19. The van der Waals surface area contributed by atoms with Crippen molar-refractivity contribution in [2.45, 2.75) is 109 Å². The molecule has 2 unspecified atom stereocenters. The van der Waals surface area contributed by atoms with Gasteiger partial charge in [0.15, 0.2) is 23.3 Å². The van der Waals surface area contributed by atoms with Crippen LogP contribution in [0.1, 0.15) is 113 Å². The van der Waals surface area contributed by atoms with E-state index >= 15 is 8.78 Å². The maximum Gasteiger partial charge on any atom is 0.167 e. The van der Waals surface area contributed by atoms with Gasteiger partial charge in [-0.15, -0.1) is 0 Å². The summed E-state index contributed by atoms with van der Waals surface area (Å²) in [6.07, 6.45) is 12.6. The third kappa shape index (κ3) is 5.22. The zero-order valence-corrected chi connectivity index (χ0v) is 22.3. The van der Waals surface area contributed by atoms with Crippen molar-refractivity contribution in [3.05, 3.63) is 57.7 Å². The lowest BCUT2D eigenvalue weighted by Gasteiger charge is -2.38. The molecule has 1 saturated heterocycles. The Labute approximate surface area is 219 Å². The number of rotatable bonds is 8. The second-order valence-electron chi connectivity index (χ2n) is 11.7. The van der Waals surface area contributed by atoms with Gasteiger partial charge in [0.25, 0.3) is 0 Å². The topological polar surface area (TPSA) is 9.23 Å². The Balaban J connectivity index is 1.26. The molecule has 2 atom stereocenters. The van der Waals surface area contributed by atoms with Crippen molar-refractivity contribution < 1.29 is 22.3 Å². The van der Waals surface area contributed by atoms with E-state index < -0.39 is 23.3 Å². The molecule has 5 heteroatoms. The van der Waals surface area contributed by atoms with Crippen LogP contribution in [0, 0.1) is 35.1 Å². The quantitative estimate of drug-likeness (QED) is 0.214. The minimum atomic E-state index is -1.05. The Hall–Kier alpha value is -1.88. The van der Waals surface area contributed by atoms with Crippen molar-refractivity contribution in [2.24, 2.45) is 11.8 Å². The Morgan fingerprint density at radius 1 is 0.757 bits per heavy atom. The van der Waals surface area contributed by atoms with Crippen LogP contribution < -0.4 is 0 Å². The zero-order valence-electron chi connectivity index (χ0n) is 22.3. The van der Waals surface area contributed by atoms with Gasteiger partial charge >= 0.3 is 0 Å². The van der Waals surface area contributed by atoms with E-state index in [-0.39, 0.29) is 23.1 Å².